The van der Waals surface area contributed by atoms with Crippen molar-refractivity contribution in [1.29, 1.82) is 0 Å². The van der Waals surface area contributed by atoms with E-state index in [-0.39, 0.29) is 5.82 Å². The van der Waals surface area contributed by atoms with E-state index in [0.29, 0.717) is 11.1 Å². The number of hydrogen-bond donors (Lipinski definition) is 0. The first-order valence-electron chi connectivity index (χ1n) is 5.31. The summed E-state index contributed by atoms with van der Waals surface area (Å²) in [5.41, 5.74) is 1.26. The lowest BCUT2D eigenvalue weighted by atomic mass is 9.96. The molecule has 0 bridgehead atoms. The van der Waals surface area contributed by atoms with Crippen LogP contribution in [0.2, 0.25) is 0 Å². The van der Waals surface area contributed by atoms with Crippen LogP contribution >= 0.6 is 0 Å². The van der Waals surface area contributed by atoms with Crippen molar-refractivity contribution < 1.29 is 13.9 Å². The van der Waals surface area contributed by atoms with Crippen LogP contribution in [0.15, 0.2) is 18.2 Å². The zero-order valence-corrected chi connectivity index (χ0v) is 10.2. The fourth-order valence-corrected chi connectivity index (χ4v) is 1.65. The van der Waals surface area contributed by atoms with Crippen LogP contribution in [0.1, 0.15) is 31.4 Å². The Balaban J connectivity index is 3.26. The molecule has 0 N–H and O–H groups in total. The number of methoxy groups -OCH3 is 2. The highest BCUT2D eigenvalue weighted by Gasteiger charge is 2.29. The third-order valence-corrected chi connectivity index (χ3v) is 2.73. The van der Waals surface area contributed by atoms with Crippen molar-refractivity contribution in [3.05, 3.63) is 41.6 Å². The Morgan fingerprint density at radius 2 is 1.94 bits per heavy atom. The topological polar surface area (TPSA) is 18.5 Å². The molecule has 0 saturated carbocycles. The molecule has 0 aromatic heterocycles. The minimum absolute atomic E-state index is 0.250. The van der Waals surface area contributed by atoms with Gasteiger partial charge in [0.05, 0.1) is 0 Å². The Hall–Kier alpha value is -0.930. The molecule has 0 aliphatic heterocycles. The monoisotopic (exact) mass is 225 g/mol. The Morgan fingerprint density at radius 3 is 2.44 bits per heavy atom. The van der Waals surface area contributed by atoms with Crippen molar-refractivity contribution in [2.45, 2.75) is 26.1 Å². The molecule has 0 fully saturated rings. The normalized spacial score (nSPS) is 11.8. The van der Waals surface area contributed by atoms with Crippen molar-refractivity contribution in [2.24, 2.45) is 0 Å². The molecule has 1 aromatic carbocycles. The lowest BCUT2D eigenvalue weighted by molar-refractivity contribution is -0.202. The number of benzene rings is 1. The third-order valence-electron chi connectivity index (χ3n) is 2.73. The predicted molar refractivity (Wildman–Crippen MR) is 61.5 cm³/mol. The second-order valence-electron chi connectivity index (χ2n) is 3.67. The van der Waals surface area contributed by atoms with Gasteiger partial charge in [0.1, 0.15) is 5.82 Å². The summed E-state index contributed by atoms with van der Waals surface area (Å²) in [5, 5.41) is 0. The van der Waals surface area contributed by atoms with Crippen LogP contribution < -0.4 is 0 Å². The molecule has 3 heteroatoms. The van der Waals surface area contributed by atoms with Gasteiger partial charge in [0.15, 0.2) is 5.79 Å². The maximum atomic E-state index is 13.7. The van der Waals surface area contributed by atoms with Crippen LogP contribution in [0, 0.1) is 12.2 Å². The number of halogens is 1. The van der Waals surface area contributed by atoms with E-state index >= 15 is 0 Å². The number of rotatable bonds is 5. The highest BCUT2D eigenvalue weighted by Crippen LogP contribution is 2.31. The van der Waals surface area contributed by atoms with Crippen LogP contribution in [0.4, 0.5) is 4.39 Å². The van der Waals surface area contributed by atoms with Gasteiger partial charge >= 0.3 is 0 Å². The van der Waals surface area contributed by atoms with Gasteiger partial charge in [-0.25, -0.2) is 4.39 Å². The molecule has 1 radical (unpaired) electrons. The average Bonchev–Trinajstić information content (AvgIpc) is 2.31. The predicted octanol–water partition coefficient (Wildman–Crippen LogP) is 3.25. The molecule has 16 heavy (non-hydrogen) atoms. The largest absolute Gasteiger partial charge is 0.349 e. The average molecular weight is 225 g/mol. The van der Waals surface area contributed by atoms with Crippen LogP contribution in [-0.2, 0) is 15.3 Å². The van der Waals surface area contributed by atoms with Gasteiger partial charge in [-0.3, -0.25) is 0 Å². The molecule has 0 spiro atoms. The molecule has 0 atom stereocenters. The zero-order chi connectivity index (χ0) is 12.2. The van der Waals surface area contributed by atoms with Crippen molar-refractivity contribution in [3.8, 4) is 0 Å². The summed E-state index contributed by atoms with van der Waals surface area (Å²) in [5.74, 6) is -1.16. The summed E-state index contributed by atoms with van der Waals surface area (Å²) >= 11 is 0. The molecule has 0 aliphatic rings. The summed E-state index contributed by atoms with van der Waals surface area (Å²) in [6.45, 7) is 3.74. The van der Waals surface area contributed by atoms with Crippen LogP contribution in [0.3, 0.4) is 0 Å². The molecule has 1 rings (SSSR count). The van der Waals surface area contributed by atoms with E-state index in [9.17, 15) is 4.39 Å². The minimum atomic E-state index is -0.914. The minimum Gasteiger partial charge on any atom is -0.349 e. The summed E-state index contributed by atoms with van der Waals surface area (Å²) in [6, 6.07) is 4.92. The van der Waals surface area contributed by atoms with E-state index in [1.807, 2.05) is 19.4 Å². The van der Waals surface area contributed by atoms with Gasteiger partial charge in [-0.05, 0) is 25.8 Å². The zero-order valence-electron chi connectivity index (χ0n) is 10.2. The third kappa shape index (κ3) is 2.42. The van der Waals surface area contributed by atoms with Crippen molar-refractivity contribution in [2.75, 3.05) is 14.2 Å². The fraction of sp³-hybridized carbons (Fsp3) is 0.462. The van der Waals surface area contributed by atoms with Crippen LogP contribution in [-0.4, -0.2) is 14.2 Å². The van der Waals surface area contributed by atoms with Crippen molar-refractivity contribution in [3.63, 3.8) is 0 Å². The first kappa shape index (κ1) is 13.1. The van der Waals surface area contributed by atoms with Gasteiger partial charge < -0.3 is 9.47 Å². The van der Waals surface area contributed by atoms with E-state index in [4.69, 9.17) is 9.47 Å². The number of ether oxygens (including phenoxy) is 2. The molecule has 0 saturated heterocycles. The SMILES string of the molecule is CC[CH]c1c(F)cccc1C(C)(OC)OC. The Kier molecular flexibility index (Phi) is 4.44. The second-order valence-corrected chi connectivity index (χ2v) is 3.67. The van der Waals surface area contributed by atoms with Gasteiger partial charge in [-0.1, -0.05) is 19.1 Å². The van der Waals surface area contributed by atoms with Crippen molar-refractivity contribution >= 4 is 0 Å². The fourth-order valence-electron chi connectivity index (χ4n) is 1.65. The maximum absolute atomic E-state index is 13.7. The second kappa shape index (κ2) is 5.41. The van der Waals surface area contributed by atoms with Crippen LogP contribution in [0.25, 0.3) is 0 Å². The van der Waals surface area contributed by atoms with E-state index in [0.717, 1.165) is 6.42 Å². The number of hydrogen-bond acceptors (Lipinski definition) is 2. The van der Waals surface area contributed by atoms with Gasteiger partial charge in [0, 0.05) is 25.3 Å². The quantitative estimate of drug-likeness (QED) is 0.716. The Labute approximate surface area is 96.4 Å². The lowest BCUT2D eigenvalue weighted by Crippen LogP contribution is -2.28. The Bertz CT molecular complexity index is 346. The Morgan fingerprint density at radius 1 is 1.31 bits per heavy atom. The molecular weight excluding hydrogens is 207 g/mol. The van der Waals surface area contributed by atoms with Crippen LogP contribution in [0.5, 0.6) is 0 Å². The molecule has 0 unspecified atom stereocenters. The van der Waals surface area contributed by atoms with E-state index < -0.39 is 5.79 Å². The highest BCUT2D eigenvalue weighted by atomic mass is 19.1. The van der Waals surface area contributed by atoms with Gasteiger partial charge in [0.25, 0.3) is 0 Å². The molecule has 1 aromatic rings. The molecule has 0 amide bonds. The van der Waals surface area contributed by atoms with Crippen molar-refractivity contribution in [1.82, 2.24) is 0 Å². The summed E-state index contributed by atoms with van der Waals surface area (Å²) in [4.78, 5) is 0. The van der Waals surface area contributed by atoms with E-state index in [1.54, 1.807) is 27.2 Å². The van der Waals surface area contributed by atoms with Gasteiger partial charge in [-0.2, -0.15) is 0 Å². The molecule has 0 aliphatic carbocycles. The van der Waals surface area contributed by atoms with Gasteiger partial charge in [0.2, 0.25) is 0 Å². The summed E-state index contributed by atoms with van der Waals surface area (Å²) in [6.07, 6.45) is 2.60. The first-order chi connectivity index (χ1) is 7.59. The van der Waals surface area contributed by atoms with Gasteiger partial charge in [-0.15, -0.1) is 0 Å². The molecule has 2 nitrogen and oxygen atoms in total. The standard InChI is InChI=1S/C13H18FO2/c1-5-7-10-11(8-6-9-12(10)14)13(2,15-3)16-4/h6-9H,5H2,1-4H3. The summed E-state index contributed by atoms with van der Waals surface area (Å²) in [7, 11) is 3.09. The molecular formula is C13H18FO2. The van der Waals surface area contributed by atoms with E-state index in [1.165, 1.54) is 6.07 Å². The smallest absolute Gasteiger partial charge is 0.191 e. The lowest BCUT2D eigenvalue weighted by Gasteiger charge is -2.29. The first-order valence-corrected chi connectivity index (χ1v) is 5.31. The maximum Gasteiger partial charge on any atom is 0.191 e. The highest BCUT2D eigenvalue weighted by molar-refractivity contribution is 5.37. The summed E-state index contributed by atoms with van der Waals surface area (Å²) < 4.78 is 24.3. The molecule has 0 heterocycles. The van der Waals surface area contributed by atoms with E-state index in [2.05, 4.69) is 0 Å². The molecule has 89 valence electrons.